The third-order valence-electron chi connectivity index (χ3n) is 2.73. The van der Waals surface area contributed by atoms with E-state index in [-0.39, 0.29) is 6.54 Å². The maximum Gasteiger partial charge on any atom is 0.323 e. The zero-order valence-corrected chi connectivity index (χ0v) is 11.3. The minimum absolute atomic E-state index is 0.188. The summed E-state index contributed by atoms with van der Waals surface area (Å²) in [6, 6.07) is -0.672. The molecule has 110 valence electrons. The maximum atomic E-state index is 11.8. The van der Waals surface area contributed by atoms with Crippen LogP contribution < -0.4 is 11.1 Å². The number of carbonyl (C=O) groups is 3. The first-order valence-corrected chi connectivity index (χ1v) is 5.81. The number of rotatable bonds is 6. The summed E-state index contributed by atoms with van der Waals surface area (Å²) in [6.07, 6.45) is 1.60. The molecule has 0 aliphatic heterocycles. The molecule has 1 heterocycles. The number of nitrogens with two attached hydrogens (primary N) is 1. The van der Waals surface area contributed by atoms with Gasteiger partial charge in [0.05, 0.1) is 6.20 Å². The van der Waals surface area contributed by atoms with Crippen LogP contribution in [0.3, 0.4) is 0 Å². The zero-order valence-electron chi connectivity index (χ0n) is 11.3. The molecule has 1 rings (SSSR count). The van der Waals surface area contributed by atoms with Gasteiger partial charge in [-0.1, -0.05) is 0 Å². The number of nitrogens with one attached hydrogen (secondary N) is 1. The van der Waals surface area contributed by atoms with Gasteiger partial charge in [-0.25, -0.2) is 4.79 Å². The minimum atomic E-state index is -1.22. The van der Waals surface area contributed by atoms with Crippen LogP contribution in [0.5, 0.6) is 0 Å². The number of aryl methyl sites for hydroxylation is 1. The van der Waals surface area contributed by atoms with Crippen LogP contribution in [0.2, 0.25) is 0 Å². The second-order valence-electron chi connectivity index (χ2n) is 4.25. The quantitative estimate of drug-likeness (QED) is 0.604. The first-order valence-electron chi connectivity index (χ1n) is 5.81. The summed E-state index contributed by atoms with van der Waals surface area (Å²) >= 11 is 0. The number of nitrogens with zero attached hydrogens (tertiary/aromatic N) is 3. The molecule has 4 N–H and O–H groups in total. The number of hydrogen-bond donors (Lipinski definition) is 3. The van der Waals surface area contributed by atoms with Crippen LogP contribution >= 0.6 is 0 Å². The number of hydrogen-bond acceptors (Lipinski definition) is 4. The SMILES string of the molecule is Cc1c(CNC(=O)N(CC(N)=O)CC(=O)O)cnn1C. The van der Waals surface area contributed by atoms with Gasteiger partial charge in [0.15, 0.2) is 0 Å². The lowest BCUT2D eigenvalue weighted by atomic mass is 10.2. The van der Waals surface area contributed by atoms with Gasteiger partial charge in [0.1, 0.15) is 13.1 Å². The fraction of sp³-hybridized carbons (Fsp3) is 0.455. The molecule has 9 nitrogen and oxygen atoms in total. The Morgan fingerprint density at radius 1 is 1.45 bits per heavy atom. The number of amides is 3. The topological polar surface area (TPSA) is 131 Å². The van der Waals surface area contributed by atoms with Crippen molar-refractivity contribution in [3.05, 3.63) is 17.5 Å². The standard InChI is InChI=1S/C11H17N5O4/c1-7-8(4-14-15(7)2)3-13-11(20)16(5-9(12)17)6-10(18)19/h4H,3,5-6H2,1-2H3,(H2,12,17)(H,13,20)(H,18,19). The highest BCUT2D eigenvalue weighted by Gasteiger charge is 2.18. The van der Waals surface area contributed by atoms with Gasteiger partial charge in [0.25, 0.3) is 0 Å². The molecule has 0 saturated heterocycles. The van der Waals surface area contributed by atoms with E-state index in [0.29, 0.717) is 0 Å². The first kappa shape index (κ1) is 15.5. The average molecular weight is 283 g/mol. The monoisotopic (exact) mass is 283 g/mol. The molecule has 3 amide bonds. The summed E-state index contributed by atoms with van der Waals surface area (Å²) in [4.78, 5) is 34.1. The van der Waals surface area contributed by atoms with Crippen LogP contribution in [0.15, 0.2) is 6.20 Å². The Labute approximate surface area is 115 Å². The number of aliphatic carboxylic acids is 1. The summed E-state index contributed by atoms with van der Waals surface area (Å²) < 4.78 is 1.65. The van der Waals surface area contributed by atoms with Crippen LogP contribution in [0.4, 0.5) is 4.79 Å². The van der Waals surface area contributed by atoms with E-state index in [1.807, 2.05) is 6.92 Å². The maximum absolute atomic E-state index is 11.8. The van der Waals surface area contributed by atoms with E-state index in [0.717, 1.165) is 16.2 Å². The summed E-state index contributed by atoms with van der Waals surface area (Å²) in [5.41, 5.74) is 6.66. The Morgan fingerprint density at radius 2 is 2.10 bits per heavy atom. The van der Waals surface area contributed by atoms with Crippen LogP contribution in [0.25, 0.3) is 0 Å². The molecule has 1 aromatic heterocycles. The van der Waals surface area contributed by atoms with Gasteiger partial charge >= 0.3 is 12.0 Å². The van der Waals surface area contributed by atoms with E-state index in [1.165, 1.54) is 0 Å². The lowest BCUT2D eigenvalue weighted by molar-refractivity contribution is -0.137. The number of carboxylic acids is 1. The predicted molar refractivity (Wildman–Crippen MR) is 68.6 cm³/mol. The van der Waals surface area contributed by atoms with Crippen molar-refractivity contribution in [2.24, 2.45) is 12.8 Å². The average Bonchev–Trinajstić information content (AvgIpc) is 2.65. The van der Waals surface area contributed by atoms with Crippen molar-refractivity contribution in [1.29, 1.82) is 0 Å². The van der Waals surface area contributed by atoms with E-state index in [2.05, 4.69) is 10.4 Å². The van der Waals surface area contributed by atoms with Crippen molar-refractivity contribution in [3.63, 3.8) is 0 Å². The second kappa shape index (κ2) is 6.55. The van der Waals surface area contributed by atoms with E-state index >= 15 is 0 Å². The van der Waals surface area contributed by atoms with Crippen molar-refractivity contribution >= 4 is 17.9 Å². The number of aromatic nitrogens is 2. The number of primary amides is 1. The highest BCUT2D eigenvalue weighted by Crippen LogP contribution is 2.05. The van der Waals surface area contributed by atoms with Crippen LogP contribution in [0.1, 0.15) is 11.3 Å². The lowest BCUT2D eigenvalue weighted by Gasteiger charge is -2.19. The molecule has 0 saturated carbocycles. The Kier molecular flexibility index (Phi) is 5.07. The van der Waals surface area contributed by atoms with Crippen molar-refractivity contribution in [2.45, 2.75) is 13.5 Å². The Bertz CT molecular complexity index is 509. The smallest absolute Gasteiger partial charge is 0.323 e. The van der Waals surface area contributed by atoms with Crippen LogP contribution in [-0.2, 0) is 23.2 Å². The van der Waals surface area contributed by atoms with E-state index in [9.17, 15) is 14.4 Å². The molecule has 0 aromatic carbocycles. The van der Waals surface area contributed by atoms with Gasteiger partial charge in [-0.05, 0) is 6.92 Å². The van der Waals surface area contributed by atoms with Crippen molar-refractivity contribution in [2.75, 3.05) is 13.1 Å². The molecule has 0 radical (unpaired) electrons. The molecule has 0 bridgehead atoms. The van der Waals surface area contributed by atoms with Crippen molar-refractivity contribution in [1.82, 2.24) is 20.0 Å². The third kappa shape index (κ3) is 4.26. The molecule has 0 aliphatic carbocycles. The molecule has 0 unspecified atom stereocenters. The number of urea groups is 1. The highest BCUT2D eigenvalue weighted by atomic mass is 16.4. The number of carbonyl (C=O) groups excluding carboxylic acids is 2. The first-order chi connectivity index (χ1) is 9.31. The fourth-order valence-corrected chi connectivity index (χ4v) is 1.55. The zero-order chi connectivity index (χ0) is 15.3. The largest absolute Gasteiger partial charge is 0.480 e. The summed E-state index contributed by atoms with van der Waals surface area (Å²) in [7, 11) is 1.77. The molecule has 1 aromatic rings. The van der Waals surface area contributed by atoms with E-state index in [1.54, 1.807) is 17.9 Å². The predicted octanol–water partition coefficient (Wildman–Crippen LogP) is -1.19. The van der Waals surface area contributed by atoms with E-state index < -0.39 is 31.0 Å². The van der Waals surface area contributed by atoms with Crippen LogP contribution in [0, 0.1) is 6.92 Å². The lowest BCUT2D eigenvalue weighted by Crippen LogP contribution is -2.46. The summed E-state index contributed by atoms with van der Waals surface area (Å²) in [5, 5.41) is 15.2. The highest BCUT2D eigenvalue weighted by molar-refractivity contribution is 5.85. The van der Waals surface area contributed by atoms with Gasteiger partial charge in [-0.15, -0.1) is 0 Å². The summed E-state index contributed by atoms with van der Waals surface area (Å²) in [6.45, 7) is 0.977. The summed E-state index contributed by atoms with van der Waals surface area (Å²) in [5.74, 6) is -2.00. The molecule has 0 atom stereocenters. The van der Waals surface area contributed by atoms with Gasteiger partial charge in [0.2, 0.25) is 5.91 Å². The van der Waals surface area contributed by atoms with E-state index in [4.69, 9.17) is 10.8 Å². The van der Waals surface area contributed by atoms with Crippen LogP contribution in [-0.4, -0.2) is 50.8 Å². The molecule has 9 heteroatoms. The van der Waals surface area contributed by atoms with Crippen molar-refractivity contribution < 1.29 is 19.5 Å². The molecule has 20 heavy (non-hydrogen) atoms. The molecular formula is C11H17N5O4. The van der Waals surface area contributed by atoms with Gasteiger partial charge in [-0.3, -0.25) is 14.3 Å². The van der Waals surface area contributed by atoms with Gasteiger partial charge in [-0.2, -0.15) is 5.10 Å². The Morgan fingerprint density at radius 3 is 2.55 bits per heavy atom. The molecule has 0 fully saturated rings. The van der Waals surface area contributed by atoms with Gasteiger partial charge < -0.3 is 21.1 Å². The Hall–Kier alpha value is -2.58. The molecule has 0 spiro atoms. The third-order valence-corrected chi connectivity index (χ3v) is 2.73. The second-order valence-corrected chi connectivity index (χ2v) is 4.25. The normalized spacial score (nSPS) is 10.1. The van der Waals surface area contributed by atoms with Gasteiger partial charge in [0, 0.05) is 24.8 Å². The molecule has 0 aliphatic rings. The number of carboxylic acid groups (broad SMARTS) is 1. The van der Waals surface area contributed by atoms with Crippen molar-refractivity contribution in [3.8, 4) is 0 Å². The molecular weight excluding hydrogens is 266 g/mol. The Balaban J connectivity index is 2.63. The minimum Gasteiger partial charge on any atom is -0.480 e. The fourth-order valence-electron chi connectivity index (χ4n) is 1.55.